The van der Waals surface area contributed by atoms with Crippen LogP contribution in [0.3, 0.4) is 0 Å². The predicted molar refractivity (Wildman–Crippen MR) is 86.8 cm³/mol. The molecule has 1 aliphatic rings. The zero-order valence-corrected chi connectivity index (χ0v) is 13.1. The average Bonchev–Trinajstić information content (AvgIpc) is 2.69. The van der Waals surface area contributed by atoms with Crippen LogP contribution >= 0.6 is 11.6 Å². The summed E-state index contributed by atoms with van der Waals surface area (Å²) < 4.78 is 14.2. The molecule has 1 heterocycles. The number of pyridine rings is 1. The predicted octanol–water partition coefficient (Wildman–Crippen LogP) is 5.12. The van der Waals surface area contributed by atoms with Crippen molar-refractivity contribution in [1.82, 2.24) is 4.98 Å². The highest BCUT2D eigenvalue weighted by molar-refractivity contribution is 6.31. The number of hydrogen-bond donors (Lipinski definition) is 1. The molecule has 1 aromatic carbocycles. The molecule has 0 saturated carbocycles. The first kappa shape index (κ1) is 14.6. The number of fused-ring (bicyclic) bond motifs is 2. The summed E-state index contributed by atoms with van der Waals surface area (Å²) in [6.07, 6.45) is 6.50. The van der Waals surface area contributed by atoms with Gasteiger partial charge in [-0.15, -0.1) is 0 Å². The van der Waals surface area contributed by atoms with Crippen LogP contribution in [0.5, 0.6) is 0 Å². The second kappa shape index (κ2) is 6.18. The maximum Gasteiger partial charge on any atom is 0.150 e. The molecule has 112 valence electrons. The van der Waals surface area contributed by atoms with Crippen molar-refractivity contribution in [3.05, 3.63) is 34.2 Å². The molecule has 0 fully saturated rings. The van der Waals surface area contributed by atoms with Gasteiger partial charge in [0.15, 0.2) is 5.82 Å². The Balaban J connectivity index is 2.26. The van der Waals surface area contributed by atoms with Gasteiger partial charge in [-0.1, -0.05) is 24.9 Å². The molecule has 0 saturated heterocycles. The zero-order valence-electron chi connectivity index (χ0n) is 12.3. The van der Waals surface area contributed by atoms with E-state index in [4.69, 9.17) is 11.6 Å². The topological polar surface area (TPSA) is 24.9 Å². The third-order valence-electron chi connectivity index (χ3n) is 4.09. The van der Waals surface area contributed by atoms with Crippen LogP contribution in [0.15, 0.2) is 12.1 Å². The lowest BCUT2D eigenvalue weighted by atomic mass is 10.0. The van der Waals surface area contributed by atoms with Crippen molar-refractivity contribution in [3.63, 3.8) is 0 Å². The van der Waals surface area contributed by atoms with Crippen molar-refractivity contribution in [2.24, 2.45) is 0 Å². The molecule has 1 aromatic heterocycles. The first-order valence-electron chi connectivity index (χ1n) is 7.75. The molecule has 1 aliphatic carbocycles. The second-order valence-electron chi connectivity index (χ2n) is 5.68. The van der Waals surface area contributed by atoms with Gasteiger partial charge in [0.25, 0.3) is 0 Å². The average molecular weight is 307 g/mol. The number of rotatable bonds is 3. The summed E-state index contributed by atoms with van der Waals surface area (Å²) in [6.45, 7) is 3.00. The van der Waals surface area contributed by atoms with Gasteiger partial charge in [0, 0.05) is 28.3 Å². The third-order valence-corrected chi connectivity index (χ3v) is 4.30. The van der Waals surface area contributed by atoms with Crippen molar-refractivity contribution in [2.45, 2.75) is 45.4 Å². The Bertz CT molecular complexity index is 670. The van der Waals surface area contributed by atoms with Crippen LogP contribution in [-0.4, -0.2) is 11.5 Å². The Labute approximate surface area is 129 Å². The highest BCUT2D eigenvalue weighted by Crippen LogP contribution is 2.35. The molecule has 4 heteroatoms. The fraction of sp³-hybridized carbons (Fsp3) is 0.471. The van der Waals surface area contributed by atoms with Gasteiger partial charge in [-0.25, -0.2) is 9.37 Å². The minimum Gasteiger partial charge on any atom is -0.384 e. The molecule has 21 heavy (non-hydrogen) atoms. The van der Waals surface area contributed by atoms with E-state index in [2.05, 4.69) is 17.2 Å². The van der Waals surface area contributed by atoms with Crippen LogP contribution in [0, 0.1) is 5.82 Å². The molecule has 0 amide bonds. The van der Waals surface area contributed by atoms with E-state index in [-0.39, 0.29) is 5.82 Å². The van der Waals surface area contributed by atoms with E-state index in [9.17, 15) is 4.39 Å². The fourth-order valence-electron chi connectivity index (χ4n) is 3.08. The highest BCUT2D eigenvalue weighted by atomic mass is 35.5. The summed E-state index contributed by atoms with van der Waals surface area (Å²) >= 11 is 6.05. The van der Waals surface area contributed by atoms with Gasteiger partial charge in [0.05, 0.1) is 0 Å². The van der Waals surface area contributed by atoms with Gasteiger partial charge in [-0.05, 0) is 49.8 Å². The Morgan fingerprint density at radius 1 is 1.24 bits per heavy atom. The van der Waals surface area contributed by atoms with Gasteiger partial charge >= 0.3 is 0 Å². The minimum atomic E-state index is -0.330. The number of benzene rings is 1. The van der Waals surface area contributed by atoms with Crippen LogP contribution in [0.2, 0.25) is 5.02 Å². The van der Waals surface area contributed by atoms with E-state index >= 15 is 0 Å². The molecular formula is C17H20ClFN2. The molecule has 0 bridgehead atoms. The van der Waals surface area contributed by atoms with Gasteiger partial charge < -0.3 is 5.32 Å². The normalized spacial score (nSPS) is 14.8. The lowest BCUT2D eigenvalue weighted by molar-refractivity contribution is 0.636. The van der Waals surface area contributed by atoms with E-state index in [0.29, 0.717) is 10.5 Å². The van der Waals surface area contributed by atoms with Gasteiger partial charge in [-0.2, -0.15) is 0 Å². The quantitative estimate of drug-likeness (QED) is 0.796. The molecule has 0 radical (unpaired) electrons. The van der Waals surface area contributed by atoms with Crippen LogP contribution in [0.4, 0.5) is 10.1 Å². The molecule has 3 rings (SSSR count). The molecule has 0 unspecified atom stereocenters. The number of aryl methyl sites for hydroxylation is 1. The van der Waals surface area contributed by atoms with Crippen LogP contribution < -0.4 is 5.32 Å². The van der Waals surface area contributed by atoms with Crippen molar-refractivity contribution in [1.29, 1.82) is 0 Å². The molecule has 0 atom stereocenters. The zero-order chi connectivity index (χ0) is 14.8. The van der Waals surface area contributed by atoms with E-state index in [0.717, 1.165) is 49.0 Å². The maximum absolute atomic E-state index is 14.2. The first-order chi connectivity index (χ1) is 10.2. The number of anilines is 1. The Hall–Kier alpha value is -1.35. The molecule has 0 aliphatic heterocycles. The largest absolute Gasteiger partial charge is 0.384 e. The SMILES string of the molecule is CCCNc1c2c(nc3c(F)cc(Cl)cc13)CCCCC2. The Kier molecular flexibility index (Phi) is 4.29. The number of aromatic nitrogens is 1. The minimum absolute atomic E-state index is 0.330. The van der Waals surface area contributed by atoms with Gasteiger partial charge in [0.2, 0.25) is 0 Å². The summed E-state index contributed by atoms with van der Waals surface area (Å²) in [5, 5.41) is 4.72. The second-order valence-corrected chi connectivity index (χ2v) is 6.12. The smallest absolute Gasteiger partial charge is 0.150 e. The van der Waals surface area contributed by atoms with E-state index < -0.39 is 0 Å². The van der Waals surface area contributed by atoms with Gasteiger partial charge in [0.1, 0.15) is 5.52 Å². The third kappa shape index (κ3) is 2.84. The molecule has 0 spiro atoms. The van der Waals surface area contributed by atoms with E-state index in [1.54, 1.807) is 0 Å². The highest BCUT2D eigenvalue weighted by Gasteiger charge is 2.19. The Morgan fingerprint density at radius 2 is 2.05 bits per heavy atom. The summed E-state index contributed by atoms with van der Waals surface area (Å²) in [7, 11) is 0. The fourth-order valence-corrected chi connectivity index (χ4v) is 3.28. The lowest BCUT2D eigenvalue weighted by Gasteiger charge is -2.17. The van der Waals surface area contributed by atoms with Crippen LogP contribution in [-0.2, 0) is 12.8 Å². The van der Waals surface area contributed by atoms with E-state index in [1.165, 1.54) is 24.5 Å². The lowest BCUT2D eigenvalue weighted by Crippen LogP contribution is -2.08. The molecule has 1 N–H and O–H groups in total. The number of nitrogens with zero attached hydrogens (tertiary/aromatic N) is 1. The standard InChI is InChI=1S/C17H20ClFN2/c1-2-8-20-16-12-6-4-3-5-7-15(12)21-17-13(16)9-11(18)10-14(17)19/h9-10H,2-8H2,1H3,(H,20,21). The summed E-state index contributed by atoms with van der Waals surface area (Å²) in [4.78, 5) is 4.61. The molecular weight excluding hydrogens is 287 g/mol. The Morgan fingerprint density at radius 3 is 2.86 bits per heavy atom. The van der Waals surface area contributed by atoms with Crippen molar-refractivity contribution >= 4 is 28.2 Å². The maximum atomic E-state index is 14.2. The van der Waals surface area contributed by atoms with Crippen molar-refractivity contribution < 1.29 is 4.39 Å². The number of nitrogens with one attached hydrogen (secondary N) is 1. The molecule has 2 nitrogen and oxygen atoms in total. The van der Waals surface area contributed by atoms with Crippen molar-refractivity contribution in [3.8, 4) is 0 Å². The summed E-state index contributed by atoms with van der Waals surface area (Å²) in [6, 6.07) is 3.18. The van der Waals surface area contributed by atoms with Crippen LogP contribution in [0.1, 0.15) is 43.9 Å². The first-order valence-corrected chi connectivity index (χ1v) is 8.13. The number of hydrogen-bond acceptors (Lipinski definition) is 2. The number of halogens is 2. The summed E-state index contributed by atoms with van der Waals surface area (Å²) in [5.41, 5.74) is 3.80. The monoisotopic (exact) mass is 306 g/mol. The summed E-state index contributed by atoms with van der Waals surface area (Å²) in [5.74, 6) is -0.330. The van der Waals surface area contributed by atoms with Gasteiger partial charge in [-0.3, -0.25) is 0 Å². The van der Waals surface area contributed by atoms with Crippen LogP contribution in [0.25, 0.3) is 10.9 Å². The van der Waals surface area contributed by atoms with Crippen molar-refractivity contribution in [2.75, 3.05) is 11.9 Å². The van der Waals surface area contributed by atoms with E-state index in [1.807, 2.05) is 6.07 Å². The molecule has 2 aromatic rings.